The monoisotopic (exact) mass is 296 g/mol. The number of esters is 2. The first-order chi connectivity index (χ1) is 10.6. The van der Waals surface area contributed by atoms with Crippen LogP contribution in [0.4, 0.5) is 0 Å². The Morgan fingerprint density at radius 1 is 1.09 bits per heavy atom. The van der Waals surface area contributed by atoms with Crippen LogP contribution in [0.5, 0.6) is 5.75 Å². The average molecular weight is 296 g/mol. The molecule has 5 heteroatoms. The number of rotatable bonds is 0. The number of Topliss-reactive ketones (excluding diaryl/α,β-unsaturated/α-hetero) is 1. The van der Waals surface area contributed by atoms with Crippen LogP contribution in [-0.2, 0) is 14.3 Å². The van der Waals surface area contributed by atoms with Gasteiger partial charge in [0.25, 0.3) is 0 Å². The third kappa shape index (κ3) is 1.19. The van der Waals surface area contributed by atoms with Gasteiger partial charge in [-0.25, -0.2) is 0 Å². The van der Waals surface area contributed by atoms with Crippen LogP contribution in [-0.4, -0.2) is 23.3 Å². The lowest BCUT2D eigenvalue weighted by atomic mass is 9.55. The molecule has 2 heterocycles. The van der Waals surface area contributed by atoms with Gasteiger partial charge in [-0.1, -0.05) is 18.2 Å². The number of cyclic esters (lactones) is 2. The number of fused-ring (bicyclic) bond motifs is 2. The Hall–Kier alpha value is -2.43. The maximum Gasteiger partial charge on any atom is 0.321 e. The molecule has 4 atom stereocenters. The molecule has 0 amide bonds. The van der Waals surface area contributed by atoms with Crippen molar-refractivity contribution in [3.05, 3.63) is 41.5 Å². The molecule has 2 unspecified atom stereocenters. The van der Waals surface area contributed by atoms with E-state index in [2.05, 4.69) is 0 Å². The molecule has 1 aromatic carbocycles. The van der Waals surface area contributed by atoms with E-state index in [1.807, 2.05) is 6.08 Å². The number of para-hydroxylation sites is 1. The summed E-state index contributed by atoms with van der Waals surface area (Å²) >= 11 is 0. The minimum atomic E-state index is -1.03. The quantitative estimate of drug-likeness (QED) is 0.538. The predicted octanol–water partition coefficient (Wildman–Crippen LogP) is 1.67. The second-order valence-electron chi connectivity index (χ2n) is 6.34. The maximum absolute atomic E-state index is 12.8. The zero-order chi connectivity index (χ0) is 15.1. The first-order valence-electron chi connectivity index (χ1n) is 7.42. The Labute approximate surface area is 125 Å². The molecule has 2 bridgehead atoms. The van der Waals surface area contributed by atoms with Crippen molar-refractivity contribution in [1.82, 2.24) is 0 Å². The third-order valence-electron chi connectivity index (χ3n) is 5.40. The molecule has 22 heavy (non-hydrogen) atoms. The molecule has 5 aliphatic rings. The molecule has 110 valence electrons. The number of benzene rings is 1. The Morgan fingerprint density at radius 2 is 1.91 bits per heavy atom. The van der Waals surface area contributed by atoms with E-state index < -0.39 is 29.4 Å². The highest BCUT2D eigenvalue weighted by Gasteiger charge is 2.68. The van der Waals surface area contributed by atoms with Crippen LogP contribution in [0.1, 0.15) is 23.2 Å². The van der Waals surface area contributed by atoms with E-state index >= 15 is 0 Å². The van der Waals surface area contributed by atoms with Crippen LogP contribution >= 0.6 is 0 Å². The molecule has 6 rings (SSSR count). The lowest BCUT2D eigenvalue weighted by Crippen LogP contribution is -2.60. The summed E-state index contributed by atoms with van der Waals surface area (Å²) in [5, 5.41) is 0. The molecule has 1 spiro atoms. The van der Waals surface area contributed by atoms with Gasteiger partial charge in [-0.3, -0.25) is 14.4 Å². The lowest BCUT2D eigenvalue weighted by Gasteiger charge is -2.51. The van der Waals surface area contributed by atoms with Crippen molar-refractivity contribution >= 4 is 17.7 Å². The normalized spacial score (nSPS) is 37.7. The fourth-order valence-corrected chi connectivity index (χ4v) is 4.50. The van der Waals surface area contributed by atoms with Gasteiger partial charge in [-0.15, -0.1) is 0 Å². The molecule has 5 nitrogen and oxygen atoms in total. The molecule has 1 aromatic rings. The lowest BCUT2D eigenvalue weighted by molar-refractivity contribution is -0.154. The van der Waals surface area contributed by atoms with Crippen LogP contribution in [0.3, 0.4) is 0 Å². The van der Waals surface area contributed by atoms with Crippen molar-refractivity contribution in [1.29, 1.82) is 0 Å². The average Bonchev–Trinajstić information content (AvgIpc) is 2.84. The van der Waals surface area contributed by atoms with E-state index in [1.165, 1.54) is 0 Å². The Bertz CT molecular complexity index is 792. The summed E-state index contributed by atoms with van der Waals surface area (Å²) in [5.41, 5.74) is 0.00481. The van der Waals surface area contributed by atoms with E-state index in [-0.39, 0.29) is 11.7 Å². The molecule has 2 aliphatic heterocycles. The van der Waals surface area contributed by atoms with E-state index in [1.54, 1.807) is 24.3 Å². The molecule has 2 fully saturated rings. The zero-order valence-electron chi connectivity index (χ0n) is 11.6. The molecule has 1 saturated carbocycles. The topological polar surface area (TPSA) is 69.7 Å². The first-order valence-corrected chi connectivity index (χ1v) is 7.42. The third-order valence-corrected chi connectivity index (χ3v) is 5.40. The van der Waals surface area contributed by atoms with Crippen LogP contribution in [0.25, 0.3) is 0 Å². The fourth-order valence-electron chi connectivity index (χ4n) is 4.50. The summed E-state index contributed by atoms with van der Waals surface area (Å²) < 4.78 is 11.0. The Morgan fingerprint density at radius 3 is 2.77 bits per heavy atom. The van der Waals surface area contributed by atoms with E-state index in [0.29, 0.717) is 23.3 Å². The van der Waals surface area contributed by atoms with Gasteiger partial charge in [-0.2, -0.15) is 0 Å². The first kappa shape index (κ1) is 12.1. The van der Waals surface area contributed by atoms with E-state index in [9.17, 15) is 14.4 Å². The van der Waals surface area contributed by atoms with Crippen LogP contribution in [0, 0.1) is 17.8 Å². The van der Waals surface area contributed by atoms with Crippen molar-refractivity contribution in [3.63, 3.8) is 0 Å². The second kappa shape index (κ2) is 3.66. The van der Waals surface area contributed by atoms with Gasteiger partial charge in [0.1, 0.15) is 11.7 Å². The standard InChI is InChI=1S/C17H12O5/c18-14-9-3-1-2-4-11(9)22-17-6-5-8(7-10(14)17)12-13(17)16(20)21-15(12)19/h1-4,7-8,12-13H,5-6H2/t8-,12?,13?,17-/m1/s1. The van der Waals surface area contributed by atoms with Crippen LogP contribution in [0.15, 0.2) is 35.9 Å². The van der Waals surface area contributed by atoms with Gasteiger partial charge in [0.15, 0.2) is 11.4 Å². The van der Waals surface area contributed by atoms with Crippen molar-refractivity contribution < 1.29 is 23.9 Å². The van der Waals surface area contributed by atoms with Gasteiger partial charge in [0, 0.05) is 5.57 Å². The summed E-state index contributed by atoms with van der Waals surface area (Å²) in [7, 11) is 0. The van der Waals surface area contributed by atoms with Crippen molar-refractivity contribution in [2.24, 2.45) is 17.8 Å². The molecule has 1 saturated heterocycles. The molecule has 0 radical (unpaired) electrons. The van der Waals surface area contributed by atoms with Crippen molar-refractivity contribution in [2.45, 2.75) is 18.4 Å². The number of carbonyl (C=O) groups is 3. The van der Waals surface area contributed by atoms with Gasteiger partial charge in [0.2, 0.25) is 0 Å². The summed E-state index contributed by atoms with van der Waals surface area (Å²) in [4.78, 5) is 37.0. The Kier molecular flexibility index (Phi) is 2.02. The molecule has 0 aromatic heterocycles. The van der Waals surface area contributed by atoms with Gasteiger partial charge < -0.3 is 9.47 Å². The van der Waals surface area contributed by atoms with Crippen molar-refractivity contribution in [2.75, 3.05) is 0 Å². The number of allylic oxidation sites excluding steroid dienone is 1. The zero-order valence-corrected chi connectivity index (χ0v) is 11.6. The predicted molar refractivity (Wildman–Crippen MR) is 73.0 cm³/mol. The highest BCUT2D eigenvalue weighted by Crippen LogP contribution is 2.58. The number of ether oxygens (including phenoxy) is 2. The molecular weight excluding hydrogens is 284 g/mol. The summed E-state index contributed by atoms with van der Waals surface area (Å²) in [6.45, 7) is 0. The smallest absolute Gasteiger partial charge is 0.321 e. The highest BCUT2D eigenvalue weighted by molar-refractivity contribution is 6.14. The largest absolute Gasteiger partial charge is 0.481 e. The molecule has 3 aliphatic carbocycles. The number of ketones is 1. The number of hydrogen-bond donors (Lipinski definition) is 0. The summed E-state index contributed by atoms with van der Waals surface area (Å²) in [5.74, 6) is -1.98. The number of hydrogen-bond acceptors (Lipinski definition) is 5. The molecular formula is C17H12O5. The fraction of sp³-hybridized carbons (Fsp3) is 0.353. The molecule has 0 N–H and O–H groups in total. The minimum absolute atomic E-state index is 0.0999. The second-order valence-corrected chi connectivity index (χ2v) is 6.34. The Balaban J connectivity index is 1.77. The highest BCUT2D eigenvalue weighted by atomic mass is 16.6. The van der Waals surface area contributed by atoms with E-state index in [4.69, 9.17) is 9.47 Å². The maximum atomic E-state index is 12.8. The van der Waals surface area contributed by atoms with Crippen LogP contribution < -0.4 is 4.74 Å². The van der Waals surface area contributed by atoms with E-state index in [0.717, 1.165) is 6.42 Å². The number of carbonyl (C=O) groups excluding carboxylic acids is 3. The van der Waals surface area contributed by atoms with Gasteiger partial charge in [-0.05, 0) is 30.9 Å². The van der Waals surface area contributed by atoms with Gasteiger partial charge in [0.05, 0.1) is 11.5 Å². The summed E-state index contributed by atoms with van der Waals surface area (Å²) in [6.07, 6.45) is 3.12. The SMILES string of the molecule is O=C1C2=C[C@H]3CC[C@]2(Oc2ccccc21)C1C(=O)OC(=O)C13. The van der Waals surface area contributed by atoms with Crippen molar-refractivity contribution in [3.8, 4) is 5.75 Å². The summed E-state index contributed by atoms with van der Waals surface area (Å²) in [6, 6.07) is 7.04. The van der Waals surface area contributed by atoms with Crippen LogP contribution in [0.2, 0.25) is 0 Å². The van der Waals surface area contributed by atoms with Gasteiger partial charge >= 0.3 is 11.9 Å². The minimum Gasteiger partial charge on any atom is -0.481 e.